The molecule has 2 amide bonds. The van der Waals surface area contributed by atoms with Gasteiger partial charge in [-0.15, -0.1) is 11.3 Å². The van der Waals surface area contributed by atoms with Gasteiger partial charge in [-0.1, -0.05) is 12.1 Å². The molecule has 1 aliphatic heterocycles. The van der Waals surface area contributed by atoms with Crippen LogP contribution in [0.5, 0.6) is 5.75 Å². The maximum Gasteiger partial charge on any atom is 0.265 e. The van der Waals surface area contributed by atoms with Crippen molar-refractivity contribution in [1.82, 2.24) is 14.8 Å². The quantitative estimate of drug-likeness (QED) is 0.791. The van der Waals surface area contributed by atoms with Gasteiger partial charge in [0.1, 0.15) is 10.6 Å². The molecule has 0 atom stereocenters. The van der Waals surface area contributed by atoms with E-state index in [0.717, 1.165) is 22.0 Å². The zero-order valence-corrected chi connectivity index (χ0v) is 16.8. The SMILES string of the molecule is COc1ccc(CCC(=O)N2CCN(C(=O)c3sc(C)nc3C)CC2)cc1. The van der Waals surface area contributed by atoms with Crippen molar-refractivity contribution in [2.24, 2.45) is 0 Å². The predicted molar refractivity (Wildman–Crippen MR) is 105 cm³/mol. The highest BCUT2D eigenvalue weighted by Crippen LogP contribution is 2.20. The third-order valence-corrected chi connectivity index (χ3v) is 5.86. The lowest BCUT2D eigenvalue weighted by Gasteiger charge is -2.34. The van der Waals surface area contributed by atoms with E-state index in [2.05, 4.69) is 4.98 Å². The molecule has 0 aliphatic carbocycles. The zero-order chi connectivity index (χ0) is 19.4. The Morgan fingerprint density at radius 1 is 1.07 bits per heavy atom. The summed E-state index contributed by atoms with van der Waals surface area (Å²) in [6.45, 7) is 6.10. The Labute approximate surface area is 163 Å². The van der Waals surface area contributed by atoms with Gasteiger partial charge in [0.2, 0.25) is 5.91 Å². The van der Waals surface area contributed by atoms with Crippen LogP contribution in [0.15, 0.2) is 24.3 Å². The summed E-state index contributed by atoms with van der Waals surface area (Å²) in [5, 5.41) is 0.906. The lowest BCUT2D eigenvalue weighted by atomic mass is 10.1. The van der Waals surface area contributed by atoms with Crippen LogP contribution in [-0.2, 0) is 11.2 Å². The van der Waals surface area contributed by atoms with Gasteiger partial charge in [0.05, 0.1) is 17.8 Å². The molecule has 2 heterocycles. The van der Waals surface area contributed by atoms with Gasteiger partial charge in [-0.2, -0.15) is 0 Å². The third-order valence-electron chi connectivity index (χ3n) is 4.80. The first-order chi connectivity index (χ1) is 13.0. The number of methoxy groups -OCH3 is 1. The summed E-state index contributed by atoms with van der Waals surface area (Å²) >= 11 is 1.44. The van der Waals surface area contributed by atoms with Crippen molar-refractivity contribution in [2.45, 2.75) is 26.7 Å². The molecule has 1 aromatic heterocycles. The number of aromatic nitrogens is 1. The Balaban J connectivity index is 1.48. The van der Waals surface area contributed by atoms with Crippen LogP contribution in [-0.4, -0.2) is 59.9 Å². The molecule has 0 unspecified atom stereocenters. The summed E-state index contributed by atoms with van der Waals surface area (Å²) in [5.41, 5.74) is 1.91. The number of hydrogen-bond donors (Lipinski definition) is 0. The van der Waals surface area contributed by atoms with E-state index in [9.17, 15) is 9.59 Å². The van der Waals surface area contributed by atoms with Gasteiger partial charge < -0.3 is 14.5 Å². The molecule has 1 aliphatic rings. The Morgan fingerprint density at radius 3 is 2.26 bits per heavy atom. The lowest BCUT2D eigenvalue weighted by Crippen LogP contribution is -2.50. The first kappa shape index (κ1) is 19.4. The van der Waals surface area contributed by atoms with Crippen molar-refractivity contribution in [2.75, 3.05) is 33.3 Å². The van der Waals surface area contributed by atoms with Crippen molar-refractivity contribution in [3.8, 4) is 5.75 Å². The minimum absolute atomic E-state index is 0.0310. The topological polar surface area (TPSA) is 62.7 Å². The molecule has 2 aromatic rings. The number of carbonyl (C=O) groups excluding carboxylic acids is 2. The molecule has 7 heteroatoms. The van der Waals surface area contributed by atoms with Gasteiger partial charge >= 0.3 is 0 Å². The zero-order valence-electron chi connectivity index (χ0n) is 16.0. The summed E-state index contributed by atoms with van der Waals surface area (Å²) < 4.78 is 5.15. The second kappa shape index (κ2) is 8.52. The molecule has 144 valence electrons. The maximum absolute atomic E-state index is 12.7. The Morgan fingerprint density at radius 2 is 1.70 bits per heavy atom. The van der Waals surface area contributed by atoms with Crippen LogP contribution in [0, 0.1) is 13.8 Å². The highest BCUT2D eigenvalue weighted by atomic mass is 32.1. The number of carbonyl (C=O) groups is 2. The average molecular weight is 388 g/mol. The normalized spacial score (nSPS) is 14.3. The van der Waals surface area contributed by atoms with Crippen LogP contribution in [0.4, 0.5) is 0 Å². The van der Waals surface area contributed by atoms with Crippen LogP contribution >= 0.6 is 11.3 Å². The third kappa shape index (κ3) is 4.66. The van der Waals surface area contributed by atoms with E-state index in [0.29, 0.717) is 43.9 Å². The fourth-order valence-corrected chi connectivity index (χ4v) is 4.12. The molecule has 1 aromatic carbocycles. The molecule has 3 rings (SSSR count). The fraction of sp³-hybridized carbons (Fsp3) is 0.450. The van der Waals surface area contributed by atoms with E-state index in [1.54, 1.807) is 7.11 Å². The molecule has 0 radical (unpaired) electrons. The van der Waals surface area contributed by atoms with Crippen molar-refractivity contribution >= 4 is 23.2 Å². The number of piperazine rings is 1. The molecule has 0 spiro atoms. The second-order valence-corrected chi connectivity index (χ2v) is 7.87. The van der Waals surface area contributed by atoms with Gasteiger partial charge in [-0.3, -0.25) is 9.59 Å². The Hall–Kier alpha value is -2.41. The molecular weight excluding hydrogens is 362 g/mol. The number of aryl methyl sites for hydroxylation is 3. The van der Waals surface area contributed by atoms with Gasteiger partial charge in [-0.25, -0.2) is 4.98 Å². The van der Waals surface area contributed by atoms with E-state index < -0.39 is 0 Å². The van der Waals surface area contributed by atoms with Gasteiger partial charge in [0.15, 0.2) is 0 Å². The molecule has 0 saturated carbocycles. The van der Waals surface area contributed by atoms with Gasteiger partial charge in [0, 0.05) is 32.6 Å². The van der Waals surface area contributed by atoms with Crippen molar-refractivity contribution < 1.29 is 14.3 Å². The predicted octanol–water partition coefficient (Wildman–Crippen LogP) is 2.69. The summed E-state index contributed by atoms with van der Waals surface area (Å²) in [6, 6.07) is 7.80. The summed E-state index contributed by atoms with van der Waals surface area (Å²) in [6.07, 6.45) is 1.19. The van der Waals surface area contributed by atoms with Crippen LogP contribution in [0.1, 0.15) is 32.4 Å². The largest absolute Gasteiger partial charge is 0.497 e. The summed E-state index contributed by atoms with van der Waals surface area (Å²) in [7, 11) is 1.64. The smallest absolute Gasteiger partial charge is 0.265 e. The minimum atomic E-state index is 0.0310. The number of amides is 2. The Bertz CT molecular complexity index is 808. The highest BCUT2D eigenvalue weighted by molar-refractivity contribution is 7.13. The second-order valence-electron chi connectivity index (χ2n) is 6.67. The molecule has 1 fully saturated rings. The first-order valence-electron chi connectivity index (χ1n) is 9.12. The number of hydrogen-bond acceptors (Lipinski definition) is 5. The van der Waals surface area contributed by atoms with Crippen LogP contribution in [0.2, 0.25) is 0 Å². The highest BCUT2D eigenvalue weighted by Gasteiger charge is 2.26. The first-order valence-corrected chi connectivity index (χ1v) is 9.93. The van der Waals surface area contributed by atoms with Crippen LogP contribution < -0.4 is 4.74 Å². The van der Waals surface area contributed by atoms with E-state index in [1.165, 1.54) is 11.3 Å². The van der Waals surface area contributed by atoms with Crippen LogP contribution in [0.25, 0.3) is 0 Å². The van der Waals surface area contributed by atoms with Gasteiger partial charge in [-0.05, 0) is 38.0 Å². The number of thiazole rings is 1. The number of ether oxygens (including phenoxy) is 1. The van der Waals surface area contributed by atoms with E-state index in [1.807, 2.05) is 47.9 Å². The number of benzene rings is 1. The van der Waals surface area contributed by atoms with Crippen molar-refractivity contribution in [3.05, 3.63) is 45.4 Å². The molecule has 1 saturated heterocycles. The monoisotopic (exact) mass is 387 g/mol. The maximum atomic E-state index is 12.7. The summed E-state index contributed by atoms with van der Waals surface area (Å²) in [5.74, 6) is 0.989. The van der Waals surface area contributed by atoms with Crippen molar-refractivity contribution in [1.29, 1.82) is 0 Å². The molecule has 0 N–H and O–H groups in total. The molecule has 6 nitrogen and oxygen atoms in total. The summed E-state index contributed by atoms with van der Waals surface area (Å²) in [4.78, 5) is 33.9. The lowest BCUT2D eigenvalue weighted by molar-refractivity contribution is -0.132. The molecule has 27 heavy (non-hydrogen) atoms. The van der Waals surface area contributed by atoms with E-state index in [4.69, 9.17) is 4.74 Å². The van der Waals surface area contributed by atoms with E-state index >= 15 is 0 Å². The Kier molecular flexibility index (Phi) is 6.11. The average Bonchev–Trinajstić information content (AvgIpc) is 3.04. The van der Waals surface area contributed by atoms with Crippen LogP contribution in [0.3, 0.4) is 0 Å². The van der Waals surface area contributed by atoms with E-state index in [-0.39, 0.29) is 11.8 Å². The molecular formula is C20H25N3O3S. The van der Waals surface area contributed by atoms with Crippen molar-refractivity contribution in [3.63, 3.8) is 0 Å². The minimum Gasteiger partial charge on any atom is -0.497 e. The molecule has 0 bridgehead atoms. The number of nitrogens with zero attached hydrogens (tertiary/aromatic N) is 3. The standard InChI is InChI=1S/C20H25N3O3S/c1-14-19(27-15(2)21-14)20(25)23-12-10-22(11-13-23)18(24)9-6-16-4-7-17(26-3)8-5-16/h4-5,7-8H,6,9-13H2,1-3H3. The number of rotatable bonds is 5. The fourth-order valence-electron chi connectivity index (χ4n) is 3.23. The van der Waals surface area contributed by atoms with Gasteiger partial charge in [0.25, 0.3) is 5.91 Å².